The summed E-state index contributed by atoms with van der Waals surface area (Å²) in [5, 5.41) is 10.1. The Morgan fingerprint density at radius 2 is 0.455 bits per heavy atom. The molecule has 1 fully saturated rings. The summed E-state index contributed by atoms with van der Waals surface area (Å²) in [5.41, 5.74) is 23.9. The summed E-state index contributed by atoms with van der Waals surface area (Å²) in [6.07, 6.45) is 0. The highest BCUT2D eigenvalue weighted by Gasteiger charge is 2.51. The molecule has 6 heteroatoms. The second-order valence-corrected chi connectivity index (χ2v) is 30.4. The van der Waals surface area contributed by atoms with E-state index in [4.69, 9.17) is 9.31 Å². The largest absolute Gasteiger partial charge is 0.494 e. The minimum Gasteiger partial charge on any atom is -0.399 e. The molecule has 112 heavy (non-hydrogen) atoms. The zero-order valence-electron chi connectivity index (χ0n) is 63.1. The molecule has 1 aliphatic heterocycles. The van der Waals surface area contributed by atoms with Crippen LogP contribution in [-0.2, 0) is 9.31 Å². The van der Waals surface area contributed by atoms with Crippen LogP contribution in [0.2, 0.25) is 0 Å². The second kappa shape index (κ2) is 31.9. The molecule has 18 aromatic carbocycles. The number of hydrogen-bond acceptors (Lipinski definition) is 4. The van der Waals surface area contributed by atoms with Crippen LogP contribution in [0, 0.1) is 0 Å². The van der Waals surface area contributed by atoms with Gasteiger partial charge < -0.3 is 19.1 Å². The van der Waals surface area contributed by atoms with Gasteiger partial charge in [0.05, 0.1) is 11.2 Å². The summed E-state index contributed by atoms with van der Waals surface area (Å²) >= 11 is 3.64. The van der Waals surface area contributed by atoms with Crippen LogP contribution in [-0.4, -0.2) is 18.3 Å². The molecular weight excluding hydrogens is 1420 g/mol. The van der Waals surface area contributed by atoms with Gasteiger partial charge in [0.15, 0.2) is 0 Å². The van der Waals surface area contributed by atoms with Gasteiger partial charge in [-0.1, -0.05) is 350 Å². The van der Waals surface area contributed by atoms with Gasteiger partial charge in [-0.3, -0.25) is 0 Å². The maximum absolute atomic E-state index is 6.29. The van der Waals surface area contributed by atoms with Crippen LogP contribution in [0.15, 0.2) is 429 Å². The Morgan fingerprint density at radius 3 is 0.795 bits per heavy atom. The van der Waals surface area contributed by atoms with Crippen LogP contribution in [0.25, 0.3) is 121 Å². The van der Waals surface area contributed by atoms with E-state index in [2.05, 4.69) is 466 Å². The van der Waals surface area contributed by atoms with Gasteiger partial charge in [0.1, 0.15) is 0 Å². The quantitative estimate of drug-likeness (QED) is 0.101. The van der Waals surface area contributed by atoms with E-state index in [1.807, 2.05) is 12.1 Å². The standard InChI is InChI=1S/C50H35N.C36H34BNO2.C20H13Br/c1-3-11-36(12-4-1)39-21-27-44(28-22-39)51(45-29-23-40(24-30-45)37-13-5-2-6-14-37)46-31-25-41(26-32-46)47-33-34-48(50-18-10-9-17-49(47)50)43-20-19-38-15-7-8-16-42(38)35-43;1-35(2)36(3,4)40-37(39-35)31-19-25-34(26-20-31)38(32-21-15-29(16-22-32)27-11-7-5-8-12-27)33-23-17-30(18-24-33)28-13-9-6-10-14-28;21-20-12-11-17(18-7-3-4-8-19(18)20)16-10-9-14-5-1-2-6-15(14)13-16/h1-35H;5-26H,1-4H3;1-13H. The number of benzene rings is 18. The summed E-state index contributed by atoms with van der Waals surface area (Å²) in [6, 6.07) is 152. The first-order chi connectivity index (χ1) is 54.9. The first kappa shape index (κ1) is 72.0. The van der Waals surface area contributed by atoms with Crippen molar-refractivity contribution in [2.24, 2.45) is 0 Å². The average molecular weight is 1510 g/mol. The highest BCUT2D eigenvalue weighted by atomic mass is 79.9. The molecule has 1 heterocycles. The summed E-state index contributed by atoms with van der Waals surface area (Å²) in [4.78, 5) is 4.63. The van der Waals surface area contributed by atoms with E-state index in [0.717, 1.165) is 44.1 Å². The smallest absolute Gasteiger partial charge is 0.399 e. The number of hydrogen-bond donors (Lipinski definition) is 0. The van der Waals surface area contributed by atoms with Gasteiger partial charge in [0.25, 0.3) is 0 Å². The summed E-state index contributed by atoms with van der Waals surface area (Å²) in [6.45, 7) is 8.34. The number of rotatable bonds is 14. The summed E-state index contributed by atoms with van der Waals surface area (Å²) in [7, 11) is -0.386. The molecule has 0 radical (unpaired) electrons. The monoisotopic (exact) mass is 1500 g/mol. The van der Waals surface area contributed by atoms with E-state index in [0.29, 0.717) is 0 Å². The van der Waals surface area contributed by atoms with Crippen LogP contribution >= 0.6 is 15.9 Å². The molecule has 0 N–H and O–H groups in total. The van der Waals surface area contributed by atoms with E-state index in [1.54, 1.807) is 0 Å². The summed E-state index contributed by atoms with van der Waals surface area (Å²) in [5.74, 6) is 0. The zero-order chi connectivity index (χ0) is 76.0. The molecule has 0 aliphatic carbocycles. The van der Waals surface area contributed by atoms with Crippen molar-refractivity contribution in [2.75, 3.05) is 9.80 Å². The molecule has 538 valence electrons. The Balaban J connectivity index is 0.000000132. The molecular formula is C106H82BBrN2O2. The first-order valence-corrected chi connectivity index (χ1v) is 39.2. The fourth-order valence-corrected chi connectivity index (χ4v) is 15.7. The number of anilines is 6. The Kier molecular flexibility index (Phi) is 20.5. The van der Waals surface area contributed by atoms with E-state index >= 15 is 0 Å². The Morgan fingerprint density at radius 1 is 0.214 bits per heavy atom. The Labute approximate surface area is 666 Å². The predicted octanol–water partition coefficient (Wildman–Crippen LogP) is 29.3. The minimum atomic E-state index is -0.386. The third kappa shape index (κ3) is 15.3. The minimum absolute atomic E-state index is 0.372. The van der Waals surface area contributed by atoms with E-state index in [1.165, 1.54) is 121 Å². The molecule has 0 saturated carbocycles. The zero-order valence-corrected chi connectivity index (χ0v) is 64.7. The topological polar surface area (TPSA) is 24.9 Å². The lowest BCUT2D eigenvalue weighted by atomic mass is 9.79. The Hall–Kier alpha value is -12.9. The highest BCUT2D eigenvalue weighted by Crippen LogP contribution is 2.44. The molecule has 19 rings (SSSR count). The van der Waals surface area contributed by atoms with Crippen molar-refractivity contribution >= 4 is 106 Å². The lowest BCUT2D eigenvalue weighted by Crippen LogP contribution is -2.41. The average Bonchev–Trinajstić information content (AvgIpc) is 1.78. The van der Waals surface area contributed by atoms with Crippen molar-refractivity contribution in [2.45, 2.75) is 38.9 Å². The number of fused-ring (bicyclic) bond motifs is 4. The van der Waals surface area contributed by atoms with Gasteiger partial charge in [-0.15, -0.1) is 0 Å². The second-order valence-electron chi connectivity index (χ2n) is 29.5. The van der Waals surface area contributed by atoms with Crippen molar-refractivity contribution < 1.29 is 9.31 Å². The van der Waals surface area contributed by atoms with Crippen LogP contribution in [0.4, 0.5) is 34.1 Å². The fraction of sp³-hybridized carbons (Fsp3) is 0.0566. The third-order valence-electron chi connectivity index (χ3n) is 22.0. The maximum Gasteiger partial charge on any atom is 0.494 e. The van der Waals surface area contributed by atoms with E-state index in [9.17, 15) is 0 Å². The van der Waals surface area contributed by atoms with Crippen LogP contribution in [0.5, 0.6) is 0 Å². The lowest BCUT2D eigenvalue weighted by Gasteiger charge is -2.32. The van der Waals surface area contributed by atoms with Gasteiger partial charge in [-0.05, 0) is 245 Å². The molecule has 0 atom stereocenters. The van der Waals surface area contributed by atoms with Gasteiger partial charge >= 0.3 is 7.12 Å². The van der Waals surface area contributed by atoms with Crippen LogP contribution < -0.4 is 15.3 Å². The highest BCUT2D eigenvalue weighted by molar-refractivity contribution is 9.10. The van der Waals surface area contributed by atoms with Gasteiger partial charge in [0, 0.05) is 38.6 Å². The van der Waals surface area contributed by atoms with Crippen molar-refractivity contribution in [3.05, 3.63) is 429 Å². The SMILES string of the molecule is Brc1ccc(-c2ccc3ccccc3c2)c2ccccc12.CC1(C)OB(c2ccc(N(c3ccc(-c4ccccc4)cc3)c3ccc(-c4ccccc4)cc3)cc2)OC1(C)C.c1ccc(-c2ccc(N(c3ccc(-c4ccccc4)cc3)c3ccc(-c4ccc(-c5ccc6ccccc6c5)c5ccccc45)cc3)cc2)cc1. The maximum atomic E-state index is 6.29. The molecule has 0 amide bonds. The number of halogens is 1. The van der Waals surface area contributed by atoms with E-state index < -0.39 is 0 Å². The molecule has 1 saturated heterocycles. The van der Waals surface area contributed by atoms with Crippen LogP contribution in [0.3, 0.4) is 0 Å². The Bertz CT molecular complexity index is 6100. The van der Waals surface area contributed by atoms with Gasteiger partial charge in [-0.2, -0.15) is 0 Å². The molecule has 4 nitrogen and oxygen atoms in total. The molecule has 1 aliphatic rings. The van der Waals surface area contributed by atoms with Crippen molar-refractivity contribution in [3.63, 3.8) is 0 Å². The lowest BCUT2D eigenvalue weighted by molar-refractivity contribution is 0.00578. The summed E-state index contributed by atoms with van der Waals surface area (Å²) < 4.78 is 13.7. The predicted molar refractivity (Wildman–Crippen MR) is 480 cm³/mol. The van der Waals surface area contributed by atoms with Crippen molar-refractivity contribution in [1.29, 1.82) is 0 Å². The normalized spacial score (nSPS) is 12.7. The third-order valence-corrected chi connectivity index (χ3v) is 22.7. The van der Waals surface area contributed by atoms with Gasteiger partial charge in [0.2, 0.25) is 0 Å². The number of nitrogens with zero attached hydrogens (tertiary/aromatic N) is 2. The fourth-order valence-electron chi connectivity index (χ4n) is 15.2. The molecule has 0 aromatic heterocycles. The van der Waals surface area contributed by atoms with Crippen molar-refractivity contribution in [1.82, 2.24) is 0 Å². The molecule has 0 bridgehead atoms. The van der Waals surface area contributed by atoms with Crippen LogP contribution in [0.1, 0.15) is 27.7 Å². The van der Waals surface area contributed by atoms with Gasteiger partial charge in [-0.25, -0.2) is 0 Å². The molecule has 18 aromatic rings. The first-order valence-electron chi connectivity index (χ1n) is 38.4. The van der Waals surface area contributed by atoms with E-state index in [-0.39, 0.29) is 18.3 Å². The molecule has 0 spiro atoms. The van der Waals surface area contributed by atoms with Crippen molar-refractivity contribution in [3.8, 4) is 77.9 Å². The molecule has 0 unspecified atom stereocenters.